The number of benzene rings is 4. The molecule has 0 aliphatic rings. The first-order valence-corrected chi connectivity index (χ1v) is 17.7. The smallest absolute Gasteiger partial charge is 0.119 e. The molecule has 4 aromatic rings. The summed E-state index contributed by atoms with van der Waals surface area (Å²) in [5.41, 5.74) is 0. The van der Waals surface area contributed by atoms with Crippen LogP contribution in [0, 0.1) is 0 Å². The van der Waals surface area contributed by atoms with Gasteiger partial charge in [-0.05, 0) is 132 Å². The SMILES string of the molecule is CCOc1ccc(P(CCCP(c2ccc(OCC)cc2)c2ccc(OCC)cc2)c2ccc(OCC)cc2)cc1. The summed E-state index contributed by atoms with van der Waals surface area (Å²) in [7, 11) is -1.05. The monoisotopic (exact) mass is 588 g/mol. The van der Waals surface area contributed by atoms with Crippen LogP contribution in [-0.2, 0) is 0 Å². The molecule has 216 valence electrons. The maximum absolute atomic E-state index is 5.72. The second-order valence-corrected chi connectivity index (χ2v) is 14.0. The predicted molar refractivity (Wildman–Crippen MR) is 177 cm³/mol. The Balaban J connectivity index is 1.57. The van der Waals surface area contributed by atoms with Gasteiger partial charge in [-0.3, -0.25) is 0 Å². The lowest BCUT2D eigenvalue weighted by atomic mass is 10.3. The van der Waals surface area contributed by atoms with Gasteiger partial charge in [-0.2, -0.15) is 0 Å². The van der Waals surface area contributed by atoms with Gasteiger partial charge in [-0.15, -0.1) is 0 Å². The summed E-state index contributed by atoms with van der Waals surface area (Å²) in [6, 6.07) is 34.8. The van der Waals surface area contributed by atoms with Crippen LogP contribution in [0.1, 0.15) is 34.1 Å². The van der Waals surface area contributed by atoms with Crippen LogP contribution in [0.15, 0.2) is 97.1 Å². The van der Waals surface area contributed by atoms with Gasteiger partial charge in [0.1, 0.15) is 23.0 Å². The maximum atomic E-state index is 5.72. The zero-order valence-electron chi connectivity index (χ0n) is 24.7. The molecular formula is C35H42O4P2. The van der Waals surface area contributed by atoms with Crippen molar-refractivity contribution < 1.29 is 18.9 Å². The summed E-state index contributed by atoms with van der Waals surface area (Å²) in [5, 5.41) is 5.50. The van der Waals surface area contributed by atoms with Crippen LogP contribution in [0.4, 0.5) is 0 Å². The van der Waals surface area contributed by atoms with Crippen molar-refractivity contribution in [1.29, 1.82) is 0 Å². The van der Waals surface area contributed by atoms with E-state index in [1.165, 1.54) is 21.2 Å². The van der Waals surface area contributed by atoms with Crippen molar-refractivity contribution in [2.24, 2.45) is 0 Å². The molecule has 0 unspecified atom stereocenters. The fourth-order valence-corrected chi connectivity index (χ4v) is 9.62. The van der Waals surface area contributed by atoms with Crippen LogP contribution in [0.25, 0.3) is 0 Å². The van der Waals surface area contributed by atoms with E-state index >= 15 is 0 Å². The second-order valence-electron chi connectivity index (χ2n) is 9.36. The van der Waals surface area contributed by atoms with E-state index < -0.39 is 15.8 Å². The van der Waals surface area contributed by atoms with Crippen molar-refractivity contribution in [2.45, 2.75) is 34.1 Å². The highest BCUT2D eigenvalue weighted by atomic mass is 31.1. The first-order chi connectivity index (χ1) is 20.1. The van der Waals surface area contributed by atoms with E-state index in [0.29, 0.717) is 26.4 Å². The Morgan fingerprint density at radius 2 is 0.585 bits per heavy atom. The fraction of sp³-hybridized carbons (Fsp3) is 0.314. The van der Waals surface area contributed by atoms with Crippen LogP contribution in [-0.4, -0.2) is 38.8 Å². The van der Waals surface area contributed by atoms with Crippen LogP contribution in [0.5, 0.6) is 23.0 Å². The fourth-order valence-electron chi connectivity index (χ4n) is 4.76. The molecular weight excluding hydrogens is 546 g/mol. The molecule has 4 aromatic carbocycles. The highest BCUT2D eigenvalue weighted by Crippen LogP contribution is 2.40. The van der Waals surface area contributed by atoms with E-state index in [9.17, 15) is 0 Å². The summed E-state index contributed by atoms with van der Waals surface area (Å²) in [6.45, 7) is 10.8. The minimum Gasteiger partial charge on any atom is -0.494 e. The van der Waals surface area contributed by atoms with Crippen LogP contribution in [0.2, 0.25) is 0 Å². The lowest BCUT2D eigenvalue weighted by molar-refractivity contribution is 0.340. The molecule has 0 aliphatic carbocycles. The van der Waals surface area contributed by atoms with E-state index in [1.54, 1.807) is 0 Å². The molecule has 0 radical (unpaired) electrons. The van der Waals surface area contributed by atoms with Gasteiger partial charge in [0.15, 0.2) is 0 Å². The summed E-state index contributed by atoms with van der Waals surface area (Å²) in [4.78, 5) is 0. The van der Waals surface area contributed by atoms with E-state index in [1.807, 2.05) is 27.7 Å². The van der Waals surface area contributed by atoms with Crippen molar-refractivity contribution in [3.63, 3.8) is 0 Å². The Morgan fingerprint density at radius 3 is 0.780 bits per heavy atom. The molecule has 0 bridgehead atoms. The number of hydrogen-bond donors (Lipinski definition) is 0. The Hall–Kier alpha value is -3.06. The Bertz CT molecular complexity index is 1090. The van der Waals surface area contributed by atoms with Crippen molar-refractivity contribution in [1.82, 2.24) is 0 Å². The minimum atomic E-state index is -0.524. The molecule has 0 atom stereocenters. The van der Waals surface area contributed by atoms with Gasteiger partial charge in [-0.1, -0.05) is 48.5 Å². The van der Waals surface area contributed by atoms with Crippen LogP contribution < -0.4 is 40.2 Å². The Labute approximate surface area is 248 Å². The molecule has 0 fully saturated rings. The van der Waals surface area contributed by atoms with Crippen molar-refractivity contribution >= 4 is 37.1 Å². The van der Waals surface area contributed by atoms with Crippen molar-refractivity contribution in [3.8, 4) is 23.0 Å². The van der Waals surface area contributed by atoms with E-state index in [-0.39, 0.29) is 0 Å². The van der Waals surface area contributed by atoms with Crippen molar-refractivity contribution in [3.05, 3.63) is 97.1 Å². The zero-order valence-corrected chi connectivity index (χ0v) is 26.5. The molecule has 0 N–H and O–H groups in total. The van der Waals surface area contributed by atoms with Gasteiger partial charge >= 0.3 is 0 Å². The number of rotatable bonds is 16. The maximum Gasteiger partial charge on any atom is 0.119 e. The molecule has 0 heterocycles. The van der Waals surface area contributed by atoms with Crippen molar-refractivity contribution in [2.75, 3.05) is 38.8 Å². The summed E-state index contributed by atoms with van der Waals surface area (Å²) in [6.07, 6.45) is 3.35. The van der Waals surface area contributed by atoms with E-state index in [2.05, 4.69) is 97.1 Å². The second kappa shape index (κ2) is 16.4. The molecule has 0 saturated carbocycles. The molecule has 4 nitrogen and oxygen atoms in total. The average molecular weight is 589 g/mol. The average Bonchev–Trinajstić information content (AvgIpc) is 3.00. The predicted octanol–water partition coefficient (Wildman–Crippen LogP) is 7.24. The highest BCUT2D eigenvalue weighted by Gasteiger charge is 2.18. The zero-order chi connectivity index (χ0) is 28.9. The standard InChI is InChI=1S/C35H42O4P2/c1-5-36-28-10-18-32(19-11-28)40(33-20-12-29(13-21-33)37-6-2)26-9-27-41(34-22-14-30(15-23-34)38-7-3)35-24-16-31(17-25-35)39-8-4/h10-25H,5-9,26-27H2,1-4H3. The third kappa shape index (κ3) is 8.96. The number of hydrogen-bond acceptors (Lipinski definition) is 4. The lowest BCUT2D eigenvalue weighted by Crippen LogP contribution is -2.17. The van der Waals surface area contributed by atoms with E-state index in [0.717, 1.165) is 41.7 Å². The molecule has 0 spiro atoms. The number of ether oxygens (including phenoxy) is 4. The van der Waals surface area contributed by atoms with Gasteiger partial charge in [0.25, 0.3) is 0 Å². The van der Waals surface area contributed by atoms with Gasteiger partial charge in [0.2, 0.25) is 0 Å². The largest absolute Gasteiger partial charge is 0.494 e. The Kier molecular flexibility index (Phi) is 12.4. The molecule has 0 aromatic heterocycles. The molecule has 0 saturated heterocycles. The van der Waals surface area contributed by atoms with Gasteiger partial charge < -0.3 is 18.9 Å². The first kappa shape index (κ1) is 30.9. The minimum absolute atomic E-state index is 0.524. The van der Waals surface area contributed by atoms with Crippen LogP contribution in [0.3, 0.4) is 0 Å². The van der Waals surface area contributed by atoms with E-state index in [4.69, 9.17) is 18.9 Å². The summed E-state index contributed by atoms with van der Waals surface area (Å²) >= 11 is 0. The van der Waals surface area contributed by atoms with Gasteiger partial charge in [0.05, 0.1) is 26.4 Å². The topological polar surface area (TPSA) is 36.9 Å². The quantitative estimate of drug-likeness (QED) is 0.129. The molecule has 41 heavy (non-hydrogen) atoms. The summed E-state index contributed by atoms with van der Waals surface area (Å²) < 4.78 is 22.9. The molecule has 4 rings (SSSR count). The van der Waals surface area contributed by atoms with Gasteiger partial charge in [-0.25, -0.2) is 0 Å². The first-order valence-electron chi connectivity index (χ1n) is 14.6. The lowest BCUT2D eigenvalue weighted by Gasteiger charge is -2.23. The normalized spacial score (nSPS) is 11.1. The molecule has 6 heteroatoms. The third-order valence-corrected chi connectivity index (χ3v) is 11.8. The van der Waals surface area contributed by atoms with Gasteiger partial charge in [0, 0.05) is 0 Å². The highest BCUT2D eigenvalue weighted by molar-refractivity contribution is 7.74. The third-order valence-electron chi connectivity index (χ3n) is 6.60. The van der Waals surface area contributed by atoms with Crippen LogP contribution >= 0.6 is 15.8 Å². The molecule has 0 amide bonds. The summed E-state index contributed by atoms with van der Waals surface area (Å²) in [5.74, 6) is 3.69. The Morgan fingerprint density at radius 1 is 0.366 bits per heavy atom. The molecule has 0 aliphatic heterocycles.